The highest BCUT2D eigenvalue weighted by Crippen LogP contribution is 2.27. The normalized spacial score (nSPS) is 16.8. The highest BCUT2D eigenvalue weighted by Gasteiger charge is 2.35. The van der Waals surface area contributed by atoms with E-state index >= 15 is 0 Å². The van der Waals surface area contributed by atoms with E-state index in [2.05, 4.69) is 10.3 Å². The number of sulfonamides is 1. The molecule has 0 spiro atoms. The Balaban J connectivity index is 1.67. The molecule has 1 aliphatic rings. The monoisotopic (exact) mass is 435 g/mol. The molecule has 0 bridgehead atoms. The molecule has 2 aromatic heterocycles. The molecule has 0 atom stereocenters. The third kappa shape index (κ3) is 4.45. The molecule has 1 saturated heterocycles. The predicted octanol–water partition coefficient (Wildman–Crippen LogP) is 1.43. The van der Waals surface area contributed by atoms with Crippen molar-refractivity contribution in [2.45, 2.75) is 37.9 Å². The molecule has 160 valence electrons. The molecule has 3 heterocycles. The van der Waals surface area contributed by atoms with Crippen molar-refractivity contribution in [2.75, 3.05) is 26.2 Å². The molecule has 0 aromatic carbocycles. The molecule has 0 radical (unpaired) electrons. The second kappa shape index (κ2) is 7.78. The summed E-state index contributed by atoms with van der Waals surface area (Å²) in [4.78, 5) is 13.9. The average molecular weight is 435 g/mol. The maximum atomic E-state index is 12.9. The van der Waals surface area contributed by atoms with Gasteiger partial charge >= 0.3 is 6.18 Å². The molecule has 0 unspecified atom stereocenters. The third-order valence-corrected chi connectivity index (χ3v) is 6.75. The highest BCUT2D eigenvalue weighted by molar-refractivity contribution is 7.89. The average Bonchev–Trinajstić information content (AvgIpc) is 3.12. The predicted molar refractivity (Wildman–Crippen MR) is 93.2 cm³/mol. The van der Waals surface area contributed by atoms with Crippen molar-refractivity contribution in [2.24, 2.45) is 0 Å². The smallest absolute Gasteiger partial charge is 0.360 e. The van der Waals surface area contributed by atoms with Crippen LogP contribution in [-0.2, 0) is 27.5 Å². The van der Waals surface area contributed by atoms with Crippen molar-refractivity contribution in [3.05, 3.63) is 29.4 Å². The Kier molecular flexibility index (Phi) is 5.72. The summed E-state index contributed by atoms with van der Waals surface area (Å²) in [6, 6.07) is 0.799. The maximum Gasteiger partial charge on any atom is 0.435 e. The third-order valence-electron chi connectivity index (χ3n) is 4.60. The fourth-order valence-electron chi connectivity index (χ4n) is 3.20. The number of aromatic nitrogens is 3. The van der Waals surface area contributed by atoms with Gasteiger partial charge in [0.15, 0.2) is 11.5 Å². The summed E-state index contributed by atoms with van der Waals surface area (Å²) >= 11 is 0. The summed E-state index contributed by atoms with van der Waals surface area (Å²) in [5, 5.41) is 7.04. The number of aryl methyl sites for hydroxylation is 2. The van der Waals surface area contributed by atoms with Crippen molar-refractivity contribution in [3.63, 3.8) is 0 Å². The topological polar surface area (TPSA) is 102 Å². The molecule has 29 heavy (non-hydrogen) atoms. The molecule has 0 aliphatic carbocycles. The minimum Gasteiger partial charge on any atom is -0.360 e. The summed E-state index contributed by atoms with van der Waals surface area (Å²) in [5.41, 5.74) is -0.809. The summed E-state index contributed by atoms with van der Waals surface area (Å²) in [5.74, 6) is -0.239. The molecule has 0 N–H and O–H groups in total. The minimum absolute atomic E-state index is 0.0218. The lowest BCUT2D eigenvalue weighted by molar-refractivity contribution is -0.142. The Hall–Kier alpha value is -2.41. The molecule has 2 aromatic rings. The lowest BCUT2D eigenvalue weighted by atomic mass is 10.4. The van der Waals surface area contributed by atoms with E-state index in [-0.39, 0.29) is 42.5 Å². The molecule has 9 nitrogen and oxygen atoms in total. The van der Waals surface area contributed by atoms with E-state index in [1.807, 2.05) is 0 Å². The zero-order valence-electron chi connectivity index (χ0n) is 15.8. The number of carbonyl (C=O) groups is 1. The molecule has 1 aliphatic heterocycles. The zero-order valence-corrected chi connectivity index (χ0v) is 16.6. The first-order chi connectivity index (χ1) is 13.5. The van der Waals surface area contributed by atoms with Gasteiger partial charge in [0, 0.05) is 32.4 Å². The van der Waals surface area contributed by atoms with Gasteiger partial charge in [-0.25, -0.2) is 8.42 Å². The Morgan fingerprint density at radius 3 is 2.52 bits per heavy atom. The lowest BCUT2D eigenvalue weighted by Crippen LogP contribution is -2.39. The zero-order chi connectivity index (χ0) is 21.4. The van der Waals surface area contributed by atoms with Crippen molar-refractivity contribution >= 4 is 15.9 Å². The number of alkyl halides is 3. The molecular weight excluding hydrogens is 415 g/mol. The van der Waals surface area contributed by atoms with Gasteiger partial charge in [-0.3, -0.25) is 9.48 Å². The fourth-order valence-corrected chi connectivity index (χ4v) is 4.96. The van der Waals surface area contributed by atoms with Gasteiger partial charge in [-0.05, 0) is 26.3 Å². The van der Waals surface area contributed by atoms with Gasteiger partial charge in [-0.1, -0.05) is 5.16 Å². The van der Waals surface area contributed by atoms with Crippen LogP contribution in [-0.4, -0.2) is 64.6 Å². The summed E-state index contributed by atoms with van der Waals surface area (Å²) < 4.78 is 70.8. The van der Waals surface area contributed by atoms with E-state index in [0.29, 0.717) is 13.0 Å². The van der Waals surface area contributed by atoms with Crippen LogP contribution in [0.15, 0.2) is 21.7 Å². The van der Waals surface area contributed by atoms with Crippen LogP contribution in [0.3, 0.4) is 0 Å². The largest absolute Gasteiger partial charge is 0.435 e. The van der Waals surface area contributed by atoms with Crippen molar-refractivity contribution < 1.29 is 30.9 Å². The Morgan fingerprint density at radius 1 is 1.21 bits per heavy atom. The Labute approximate surface area is 165 Å². The number of nitrogens with zero attached hydrogens (tertiary/aromatic N) is 5. The van der Waals surface area contributed by atoms with Crippen LogP contribution in [0.5, 0.6) is 0 Å². The second-order valence-corrected chi connectivity index (χ2v) is 8.56. The van der Waals surface area contributed by atoms with Crippen LogP contribution in [0, 0.1) is 13.8 Å². The molecular formula is C16H20F3N5O4S. The van der Waals surface area contributed by atoms with Crippen LogP contribution in [0.25, 0.3) is 0 Å². The van der Waals surface area contributed by atoms with Crippen LogP contribution >= 0.6 is 0 Å². The van der Waals surface area contributed by atoms with Gasteiger partial charge in [-0.15, -0.1) is 0 Å². The number of rotatable bonds is 4. The molecule has 1 fully saturated rings. The number of hydrogen-bond acceptors (Lipinski definition) is 6. The van der Waals surface area contributed by atoms with Crippen LogP contribution in [0.2, 0.25) is 0 Å². The van der Waals surface area contributed by atoms with E-state index in [9.17, 15) is 26.4 Å². The molecule has 1 amide bonds. The van der Waals surface area contributed by atoms with Gasteiger partial charge in [0.2, 0.25) is 15.9 Å². The highest BCUT2D eigenvalue weighted by atomic mass is 32.2. The minimum atomic E-state index is -4.58. The van der Waals surface area contributed by atoms with Crippen LogP contribution < -0.4 is 0 Å². The standard InChI is InChI=1S/C16H20F3N5O4S/c1-11-15(12(2)28-21-11)29(26,27)24-6-3-5-22(8-9-24)14(25)10-23-7-4-13(20-23)16(17,18)19/h4,7H,3,5-6,8-10H2,1-2H3. The first-order valence-electron chi connectivity index (χ1n) is 8.81. The number of amides is 1. The van der Waals surface area contributed by atoms with Crippen LogP contribution in [0.4, 0.5) is 13.2 Å². The Morgan fingerprint density at radius 2 is 1.93 bits per heavy atom. The SMILES string of the molecule is Cc1noc(C)c1S(=O)(=O)N1CCCN(C(=O)Cn2ccc(C(F)(F)F)n2)CC1. The Bertz CT molecular complexity index is 979. The number of carbonyl (C=O) groups excluding carboxylic acids is 1. The maximum absolute atomic E-state index is 12.9. The fraction of sp³-hybridized carbons (Fsp3) is 0.562. The van der Waals surface area contributed by atoms with E-state index in [1.165, 1.54) is 23.1 Å². The second-order valence-electron chi connectivity index (χ2n) is 6.69. The first-order valence-corrected chi connectivity index (χ1v) is 10.3. The van der Waals surface area contributed by atoms with Gasteiger partial charge in [0.25, 0.3) is 0 Å². The van der Waals surface area contributed by atoms with Gasteiger partial charge in [0.05, 0.1) is 0 Å². The summed E-state index contributed by atoms with van der Waals surface area (Å²) in [7, 11) is -3.83. The van der Waals surface area contributed by atoms with E-state index in [4.69, 9.17) is 4.52 Å². The van der Waals surface area contributed by atoms with E-state index < -0.39 is 27.8 Å². The number of hydrogen-bond donors (Lipinski definition) is 0. The van der Waals surface area contributed by atoms with E-state index in [1.54, 1.807) is 0 Å². The van der Waals surface area contributed by atoms with Crippen LogP contribution in [0.1, 0.15) is 23.6 Å². The van der Waals surface area contributed by atoms with Crippen molar-refractivity contribution in [3.8, 4) is 0 Å². The van der Waals surface area contributed by atoms with Crippen molar-refractivity contribution in [1.29, 1.82) is 0 Å². The molecule has 13 heteroatoms. The van der Waals surface area contributed by atoms with Gasteiger partial charge in [-0.2, -0.15) is 22.6 Å². The summed E-state index contributed by atoms with van der Waals surface area (Å²) in [6.07, 6.45) is -3.10. The quantitative estimate of drug-likeness (QED) is 0.720. The lowest BCUT2D eigenvalue weighted by Gasteiger charge is -2.22. The van der Waals surface area contributed by atoms with Gasteiger partial charge < -0.3 is 9.42 Å². The molecule has 3 rings (SSSR count). The number of halogens is 3. The van der Waals surface area contributed by atoms with Gasteiger partial charge in [0.1, 0.15) is 17.1 Å². The summed E-state index contributed by atoms with van der Waals surface area (Å²) in [6.45, 7) is 3.37. The molecule has 0 saturated carbocycles. The first kappa shape index (κ1) is 21.3. The van der Waals surface area contributed by atoms with E-state index in [0.717, 1.165) is 16.9 Å². The van der Waals surface area contributed by atoms with Crippen molar-refractivity contribution in [1.82, 2.24) is 24.1 Å².